The van der Waals surface area contributed by atoms with E-state index in [2.05, 4.69) is 0 Å². The Bertz CT molecular complexity index is 882. The van der Waals surface area contributed by atoms with Gasteiger partial charge in [0.05, 0.1) is 18.1 Å². The van der Waals surface area contributed by atoms with Crippen molar-refractivity contribution in [3.05, 3.63) is 65.0 Å². The lowest BCUT2D eigenvalue weighted by Crippen LogP contribution is -2.31. The second kappa shape index (κ2) is 6.68. The molecule has 1 spiro atoms. The standard InChI is InChI=1S/C23H25FO4/c1-22(2,27)20-13-18(14-3-5-15(24)6-4-14)19(23(20)9-10-23)8-7-17-11-16(25)12-21(26)28-17/h3-8,13,16-17,25,27H,9-12H2,1-2H3/b8-7+/t16-,17-/m1/s1. The van der Waals surface area contributed by atoms with Crippen LogP contribution in [0.3, 0.4) is 0 Å². The van der Waals surface area contributed by atoms with Crippen molar-refractivity contribution in [1.82, 2.24) is 0 Å². The van der Waals surface area contributed by atoms with Gasteiger partial charge in [-0.1, -0.05) is 24.3 Å². The van der Waals surface area contributed by atoms with Crippen molar-refractivity contribution in [2.75, 3.05) is 0 Å². The molecular formula is C23H25FO4. The summed E-state index contributed by atoms with van der Waals surface area (Å²) in [5.74, 6) is -0.695. The SMILES string of the molecule is CC(C)(O)C1=CC(c2ccc(F)cc2)=C(/C=C/[C@@H]2C[C@@H](O)CC(=O)O2)C12CC2. The van der Waals surface area contributed by atoms with E-state index in [0.29, 0.717) is 6.42 Å². The molecule has 0 bridgehead atoms. The first-order valence-corrected chi connectivity index (χ1v) is 9.70. The third kappa shape index (κ3) is 3.45. The highest BCUT2D eigenvalue weighted by Crippen LogP contribution is 2.65. The number of carbonyl (C=O) groups excluding carboxylic acids is 1. The van der Waals surface area contributed by atoms with Gasteiger partial charge in [-0.15, -0.1) is 0 Å². The summed E-state index contributed by atoms with van der Waals surface area (Å²) in [7, 11) is 0. The van der Waals surface area contributed by atoms with E-state index < -0.39 is 23.8 Å². The van der Waals surface area contributed by atoms with E-state index in [9.17, 15) is 19.4 Å². The Morgan fingerprint density at radius 1 is 1.25 bits per heavy atom. The minimum absolute atomic E-state index is 0.0300. The Labute approximate surface area is 164 Å². The number of hydrogen-bond donors (Lipinski definition) is 2. The van der Waals surface area contributed by atoms with E-state index in [1.54, 1.807) is 26.0 Å². The molecule has 1 saturated carbocycles. The van der Waals surface area contributed by atoms with Crippen LogP contribution >= 0.6 is 0 Å². The highest BCUT2D eigenvalue weighted by molar-refractivity contribution is 5.86. The van der Waals surface area contributed by atoms with Crippen molar-refractivity contribution in [2.24, 2.45) is 5.41 Å². The van der Waals surface area contributed by atoms with Crippen molar-refractivity contribution < 1.29 is 24.1 Å². The molecule has 5 heteroatoms. The van der Waals surface area contributed by atoms with Gasteiger partial charge in [0.25, 0.3) is 0 Å². The first-order valence-electron chi connectivity index (χ1n) is 9.70. The molecule has 1 heterocycles. The number of benzene rings is 1. The van der Waals surface area contributed by atoms with Crippen molar-refractivity contribution >= 4 is 11.5 Å². The van der Waals surface area contributed by atoms with E-state index in [-0.39, 0.29) is 17.7 Å². The van der Waals surface area contributed by atoms with Gasteiger partial charge in [-0.25, -0.2) is 4.39 Å². The number of cyclic esters (lactones) is 1. The zero-order chi connectivity index (χ0) is 20.1. The molecule has 2 atom stereocenters. The van der Waals surface area contributed by atoms with Gasteiger partial charge in [-0.3, -0.25) is 4.79 Å². The van der Waals surface area contributed by atoms with Gasteiger partial charge in [0.15, 0.2) is 0 Å². The molecular weight excluding hydrogens is 359 g/mol. The number of halogens is 1. The second-order valence-corrected chi connectivity index (χ2v) is 8.51. The van der Waals surface area contributed by atoms with E-state index in [4.69, 9.17) is 4.74 Å². The average Bonchev–Trinajstić information content (AvgIpc) is 3.29. The number of aliphatic hydroxyl groups excluding tert-OH is 1. The number of rotatable bonds is 4. The maximum Gasteiger partial charge on any atom is 0.309 e. The Morgan fingerprint density at radius 2 is 1.93 bits per heavy atom. The minimum Gasteiger partial charge on any atom is -0.458 e. The normalized spacial score (nSPS) is 26.8. The van der Waals surface area contributed by atoms with Gasteiger partial charge in [0.1, 0.15) is 11.9 Å². The Hall–Kier alpha value is -2.24. The predicted octanol–water partition coefficient (Wildman–Crippen LogP) is 3.69. The zero-order valence-corrected chi connectivity index (χ0v) is 16.1. The van der Waals surface area contributed by atoms with Gasteiger partial charge in [0.2, 0.25) is 0 Å². The van der Waals surface area contributed by atoms with Crippen molar-refractivity contribution in [2.45, 2.75) is 57.3 Å². The highest BCUT2D eigenvalue weighted by Gasteiger charge is 2.55. The quantitative estimate of drug-likeness (QED) is 0.777. The zero-order valence-electron chi connectivity index (χ0n) is 16.1. The average molecular weight is 384 g/mol. The molecule has 4 nitrogen and oxygen atoms in total. The highest BCUT2D eigenvalue weighted by atomic mass is 19.1. The molecule has 28 heavy (non-hydrogen) atoms. The van der Waals surface area contributed by atoms with Crippen LogP contribution in [-0.2, 0) is 9.53 Å². The van der Waals surface area contributed by atoms with Crippen LogP contribution in [0.25, 0.3) is 5.57 Å². The van der Waals surface area contributed by atoms with E-state index in [1.165, 1.54) is 12.1 Å². The fourth-order valence-corrected chi connectivity index (χ4v) is 4.44. The maximum absolute atomic E-state index is 13.4. The van der Waals surface area contributed by atoms with Crippen molar-refractivity contribution in [1.29, 1.82) is 0 Å². The van der Waals surface area contributed by atoms with Gasteiger partial charge >= 0.3 is 5.97 Å². The molecule has 4 rings (SSSR count). The summed E-state index contributed by atoms with van der Waals surface area (Å²) in [4.78, 5) is 11.6. The topological polar surface area (TPSA) is 66.8 Å². The Morgan fingerprint density at radius 3 is 2.50 bits per heavy atom. The van der Waals surface area contributed by atoms with Gasteiger partial charge in [0, 0.05) is 11.8 Å². The summed E-state index contributed by atoms with van der Waals surface area (Å²) < 4.78 is 18.7. The van der Waals surface area contributed by atoms with Crippen LogP contribution in [0, 0.1) is 11.2 Å². The van der Waals surface area contributed by atoms with Crippen LogP contribution in [0.5, 0.6) is 0 Å². The van der Waals surface area contributed by atoms with E-state index >= 15 is 0 Å². The molecule has 0 unspecified atom stereocenters. The Kier molecular flexibility index (Phi) is 4.55. The van der Waals surface area contributed by atoms with Gasteiger partial charge in [-0.05, 0) is 67.2 Å². The number of esters is 1. The summed E-state index contributed by atoms with van der Waals surface area (Å²) in [6.45, 7) is 3.57. The second-order valence-electron chi connectivity index (χ2n) is 8.51. The third-order valence-corrected chi connectivity index (χ3v) is 5.84. The van der Waals surface area contributed by atoms with Crippen LogP contribution in [-0.4, -0.2) is 34.0 Å². The molecule has 2 fully saturated rings. The molecule has 1 aliphatic heterocycles. The van der Waals surface area contributed by atoms with Crippen LogP contribution in [0.4, 0.5) is 4.39 Å². The number of hydrogen-bond acceptors (Lipinski definition) is 4. The summed E-state index contributed by atoms with van der Waals surface area (Å²) in [5, 5.41) is 20.6. The monoisotopic (exact) mass is 384 g/mol. The van der Waals surface area contributed by atoms with E-state index in [0.717, 1.165) is 35.1 Å². The lowest BCUT2D eigenvalue weighted by molar-refractivity contribution is -0.156. The molecule has 0 amide bonds. The first-order chi connectivity index (χ1) is 13.2. The molecule has 2 aliphatic carbocycles. The molecule has 1 saturated heterocycles. The molecule has 0 radical (unpaired) electrons. The minimum atomic E-state index is -0.967. The summed E-state index contributed by atoms with van der Waals surface area (Å²) >= 11 is 0. The number of allylic oxidation sites excluding steroid dienone is 4. The van der Waals surface area contributed by atoms with Crippen LogP contribution in [0.1, 0.15) is 45.1 Å². The molecule has 2 N–H and O–H groups in total. The fourth-order valence-electron chi connectivity index (χ4n) is 4.44. The van der Waals surface area contributed by atoms with E-state index in [1.807, 2.05) is 18.2 Å². The lowest BCUT2D eigenvalue weighted by Gasteiger charge is -2.27. The number of carbonyl (C=O) groups is 1. The Balaban J connectivity index is 1.73. The molecule has 1 aromatic rings. The predicted molar refractivity (Wildman–Crippen MR) is 104 cm³/mol. The fraction of sp³-hybridized carbons (Fsp3) is 0.435. The van der Waals surface area contributed by atoms with Gasteiger partial charge in [-0.2, -0.15) is 0 Å². The smallest absolute Gasteiger partial charge is 0.309 e. The first kappa shape index (κ1) is 19.1. The lowest BCUT2D eigenvalue weighted by atomic mass is 9.82. The van der Waals surface area contributed by atoms with Crippen LogP contribution in [0.15, 0.2) is 53.6 Å². The summed E-state index contributed by atoms with van der Waals surface area (Å²) in [6, 6.07) is 6.34. The summed E-state index contributed by atoms with van der Waals surface area (Å²) in [6.07, 6.45) is 6.90. The third-order valence-electron chi connectivity index (χ3n) is 5.84. The van der Waals surface area contributed by atoms with Crippen LogP contribution in [0.2, 0.25) is 0 Å². The molecule has 1 aromatic carbocycles. The number of aliphatic hydroxyl groups is 2. The summed E-state index contributed by atoms with van der Waals surface area (Å²) in [5.41, 5.74) is 2.65. The van der Waals surface area contributed by atoms with Crippen molar-refractivity contribution in [3.8, 4) is 0 Å². The van der Waals surface area contributed by atoms with Gasteiger partial charge < -0.3 is 14.9 Å². The molecule has 148 valence electrons. The number of ether oxygens (including phenoxy) is 1. The largest absolute Gasteiger partial charge is 0.458 e. The molecule has 0 aromatic heterocycles. The van der Waals surface area contributed by atoms with Crippen molar-refractivity contribution in [3.63, 3.8) is 0 Å². The molecule has 3 aliphatic rings. The maximum atomic E-state index is 13.4. The van der Waals surface area contributed by atoms with Crippen LogP contribution < -0.4 is 0 Å².